The Morgan fingerprint density at radius 2 is 2.05 bits per heavy atom. The zero-order valence-corrected chi connectivity index (χ0v) is 11.2. The van der Waals surface area contributed by atoms with Gasteiger partial charge in [-0.3, -0.25) is 9.48 Å². The highest BCUT2D eigenvalue weighted by atomic mass is 19.1. The van der Waals surface area contributed by atoms with Gasteiger partial charge in [-0.1, -0.05) is 18.2 Å². The highest BCUT2D eigenvalue weighted by molar-refractivity contribution is 6.11. The third-order valence-corrected chi connectivity index (χ3v) is 3.17. The summed E-state index contributed by atoms with van der Waals surface area (Å²) in [5, 5.41) is 16.5. The second kappa shape index (κ2) is 4.90. The molecule has 6 heteroatoms. The lowest BCUT2D eigenvalue weighted by Crippen LogP contribution is -2.14. The Hall–Kier alpha value is -2.89. The van der Waals surface area contributed by atoms with Gasteiger partial charge in [0.25, 0.3) is 5.91 Å². The molecule has 1 aromatic heterocycles. The number of nitrogens with zero attached hydrogens (tertiary/aromatic N) is 2. The molecule has 0 aliphatic heterocycles. The zero-order chi connectivity index (χ0) is 15.0. The van der Waals surface area contributed by atoms with Crippen LogP contribution in [0.3, 0.4) is 0 Å². The monoisotopic (exact) mass is 285 g/mol. The fraction of sp³-hybridized carbons (Fsp3) is 0.0667. The van der Waals surface area contributed by atoms with E-state index in [2.05, 4.69) is 10.4 Å². The molecular formula is C15H12FN3O2. The summed E-state index contributed by atoms with van der Waals surface area (Å²) >= 11 is 0. The lowest BCUT2D eigenvalue weighted by molar-refractivity contribution is 0.102. The number of phenols is 1. The van der Waals surface area contributed by atoms with Gasteiger partial charge in [-0.05, 0) is 18.2 Å². The number of aromatic hydroxyl groups is 1. The van der Waals surface area contributed by atoms with Crippen LogP contribution in [0.25, 0.3) is 10.9 Å². The Kier molecular flexibility index (Phi) is 3.06. The van der Waals surface area contributed by atoms with E-state index in [-0.39, 0.29) is 17.1 Å². The molecule has 0 radical (unpaired) electrons. The molecule has 0 saturated carbocycles. The van der Waals surface area contributed by atoms with Crippen molar-refractivity contribution < 1.29 is 14.3 Å². The molecule has 5 nitrogen and oxygen atoms in total. The predicted octanol–water partition coefficient (Wildman–Crippen LogP) is 2.67. The van der Waals surface area contributed by atoms with Gasteiger partial charge in [0.1, 0.15) is 11.6 Å². The number of aryl methyl sites for hydroxylation is 1. The van der Waals surface area contributed by atoms with E-state index in [1.54, 1.807) is 17.8 Å². The predicted molar refractivity (Wildman–Crippen MR) is 76.7 cm³/mol. The first kappa shape index (κ1) is 13.1. The maximum absolute atomic E-state index is 13.6. The van der Waals surface area contributed by atoms with Gasteiger partial charge in [-0.2, -0.15) is 5.10 Å². The van der Waals surface area contributed by atoms with Crippen molar-refractivity contribution in [2.24, 2.45) is 7.05 Å². The quantitative estimate of drug-likeness (QED) is 0.711. The molecule has 1 heterocycles. The number of rotatable bonds is 2. The van der Waals surface area contributed by atoms with Gasteiger partial charge in [-0.15, -0.1) is 0 Å². The van der Waals surface area contributed by atoms with E-state index in [9.17, 15) is 9.18 Å². The van der Waals surface area contributed by atoms with Crippen molar-refractivity contribution in [2.75, 3.05) is 5.32 Å². The van der Waals surface area contributed by atoms with Crippen LogP contribution in [-0.4, -0.2) is 20.8 Å². The Labute approximate surface area is 119 Å². The van der Waals surface area contributed by atoms with E-state index < -0.39 is 11.7 Å². The molecule has 21 heavy (non-hydrogen) atoms. The summed E-state index contributed by atoms with van der Waals surface area (Å²) in [7, 11) is 1.74. The number of anilines is 1. The number of benzene rings is 2. The molecule has 3 rings (SSSR count). The van der Waals surface area contributed by atoms with Gasteiger partial charge in [0.2, 0.25) is 0 Å². The van der Waals surface area contributed by atoms with Crippen molar-refractivity contribution in [3.05, 3.63) is 54.0 Å². The fourth-order valence-corrected chi connectivity index (χ4v) is 2.17. The van der Waals surface area contributed by atoms with Gasteiger partial charge < -0.3 is 10.4 Å². The number of para-hydroxylation sites is 1. The van der Waals surface area contributed by atoms with Crippen molar-refractivity contribution in [3.8, 4) is 5.75 Å². The lowest BCUT2D eigenvalue weighted by atomic mass is 10.2. The van der Waals surface area contributed by atoms with Crippen LogP contribution in [-0.2, 0) is 7.05 Å². The number of hydrogen-bond donors (Lipinski definition) is 2. The third kappa shape index (κ3) is 2.31. The number of fused-ring (bicyclic) bond motifs is 1. The first-order valence-electron chi connectivity index (χ1n) is 6.28. The van der Waals surface area contributed by atoms with Crippen LogP contribution in [0.5, 0.6) is 5.75 Å². The number of aromatic nitrogens is 2. The van der Waals surface area contributed by atoms with Crippen LogP contribution >= 0.6 is 0 Å². The SMILES string of the molecule is Cn1nc(C(=O)Nc2ccc(O)cc2F)c2ccccc21. The Bertz CT molecular complexity index is 842. The van der Waals surface area contributed by atoms with Crippen molar-refractivity contribution in [3.63, 3.8) is 0 Å². The molecule has 0 bridgehead atoms. The highest BCUT2D eigenvalue weighted by Gasteiger charge is 2.17. The summed E-state index contributed by atoms with van der Waals surface area (Å²) in [6, 6.07) is 10.8. The standard InChI is InChI=1S/C15H12FN3O2/c1-19-13-5-3-2-4-10(13)14(18-19)15(21)17-12-7-6-9(20)8-11(12)16/h2-8,20H,1H3,(H,17,21). The molecular weight excluding hydrogens is 273 g/mol. The van der Waals surface area contributed by atoms with Crippen molar-refractivity contribution >= 4 is 22.5 Å². The smallest absolute Gasteiger partial charge is 0.276 e. The average molecular weight is 285 g/mol. The molecule has 0 fully saturated rings. The summed E-state index contributed by atoms with van der Waals surface area (Å²) in [5.41, 5.74) is 1.03. The van der Waals surface area contributed by atoms with E-state index in [0.717, 1.165) is 11.6 Å². The molecule has 2 N–H and O–H groups in total. The van der Waals surface area contributed by atoms with E-state index >= 15 is 0 Å². The Morgan fingerprint density at radius 3 is 2.81 bits per heavy atom. The molecule has 0 aliphatic carbocycles. The van der Waals surface area contributed by atoms with Gasteiger partial charge in [0, 0.05) is 18.5 Å². The second-order valence-electron chi connectivity index (χ2n) is 4.61. The van der Waals surface area contributed by atoms with E-state index in [1.807, 2.05) is 18.2 Å². The Balaban J connectivity index is 1.98. The maximum Gasteiger partial charge on any atom is 0.276 e. The summed E-state index contributed by atoms with van der Waals surface area (Å²) in [6.45, 7) is 0. The van der Waals surface area contributed by atoms with Gasteiger partial charge in [-0.25, -0.2) is 4.39 Å². The van der Waals surface area contributed by atoms with Crippen molar-refractivity contribution in [1.29, 1.82) is 0 Å². The summed E-state index contributed by atoms with van der Waals surface area (Å²) in [5.74, 6) is -1.41. The van der Waals surface area contributed by atoms with Crippen LogP contribution in [0.1, 0.15) is 10.5 Å². The van der Waals surface area contributed by atoms with E-state index in [4.69, 9.17) is 5.11 Å². The molecule has 0 saturated heterocycles. The number of halogens is 1. The summed E-state index contributed by atoms with van der Waals surface area (Å²) in [6.07, 6.45) is 0. The first-order valence-corrected chi connectivity index (χ1v) is 6.28. The topological polar surface area (TPSA) is 67.2 Å². The van der Waals surface area contributed by atoms with Gasteiger partial charge in [0.15, 0.2) is 5.69 Å². The second-order valence-corrected chi connectivity index (χ2v) is 4.61. The zero-order valence-electron chi connectivity index (χ0n) is 11.2. The molecule has 106 valence electrons. The minimum absolute atomic E-state index is 0.00691. The average Bonchev–Trinajstić information content (AvgIpc) is 2.80. The third-order valence-electron chi connectivity index (χ3n) is 3.17. The number of nitrogens with one attached hydrogen (secondary N) is 1. The number of hydrogen-bond acceptors (Lipinski definition) is 3. The maximum atomic E-state index is 13.6. The molecule has 0 unspecified atom stereocenters. The molecule has 0 aliphatic rings. The molecule has 3 aromatic rings. The first-order chi connectivity index (χ1) is 10.1. The molecule has 0 spiro atoms. The molecule has 1 amide bonds. The highest BCUT2D eigenvalue weighted by Crippen LogP contribution is 2.22. The molecule has 2 aromatic carbocycles. The summed E-state index contributed by atoms with van der Waals surface area (Å²) in [4.78, 5) is 12.3. The van der Waals surface area contributed by atoms with Crippen LogP contribution < -0.4 is 5.32 Å². The van der Waals surface area contributed by atoms with Crippen LogP contribution in [0.15, 0.2) is 42.5 Å². The van der Waals surface area contributed by atoms with Crippen LogP contribution in [0.2, 0.25) is 0 Å². The molecule has 0 atom stereocenters. The summed E-state index contributed by atoms with van der Waals surface area (Å²) < 4.78 is 15.2. The largest absolute Gasteiger partial charge is 0.508 e. The van der Waals surface area contributed by atoms with Crippen molar-refractivity contribution in [2.45, 2.75) is 0 Å². The number of phenolic OH excluding ortho intramolecular Hbond substituents is 1. The number of carbonyl (C=O) groups excluding carboxylic acids is 1. The lowest BCUT2D eigenvalue weighted by Gasteiger charge is -2.05. The number of carbonyl (C=O) groups is 1. The van der Waals surface area contributed by atoms with Crippen LogP contribution in [0, 0.1) is 5.82 Å². The fourth-order valence-electron chi connectivity index (χ4n) is 2.17. The van der Waals surface area contributed by atoms with Gasteiger partial charge in [0.05, 0.1) is 11.2 Å². The van der Waals surface area contributed by atoms with E-state index in [0.29, 0.717) is 5.39 Å². The van der Waals surface area contributed by atoms with E-state index in [1.165, 1.54) is 12.1 Å². The van der Waals surface area contributed by atoms with Crippen molar-refractivity contribution in [1.82, 2.24) is 9.78 Å². The Morgan fingerprint density at radius 1 is 1.29 bits per heavy atom. The number of amides is 1. The minimum atomic E-state index is -0.705. The minimum Gasteiger partial charge on any atom is -0.508 e. The van der Waals surface area contributed by atoms with Gasteiger partial charge >= 0.3 is 0 Å². The van der Waals surface area contributed by atoms with Crippen LogP contribution in [0.4, 0.5) is 10.1 Å². The normalized spacial score (nSPS) is 10.8.